The Balaban J connectivity index is 0.877. The number of hydrogen-bond donors (Lipinski definition) is 0. The van der Waals surface area contributed by atoms with Gasteiger partial charge in [0.05, 0.1) is 0 Å². The lowest BCUT2D eigenvalue weighted by molar-refractivity contribution is 0.600. The van der Waals surface area contributed by atoms with Crippen LogP contribution in [0.15, 0.2) is 226 Å². The number of hydrogen-bond acceptors (Lipinski definition) is 4. The molecule has 11 aromatic carbocycles. The monoisotopic (exact) mass is 1020 g/mol. The molecule has 3 heterocycles. The van der Waals surface area contributed by atoms with Crippen LogP contribution >= 0.6 is 0 Å². The Kier molecular flexibility index (Phi) is 8.73. The maximum atomic E-state index is 7.10. The lowest BCUT2D eigenvalue weighted by Gasteiger charge is -2.32. The molecular formula is C75H53NO3. The van der Waals surface area contributed by atoms with E-state index in [-0.39, 0.29) is 16.2 Å². The van der Waals surface area contributed by atoms with Crippen molar-refractivity contribution < 1.29 is 13.3 Å². The maximum Gasteiger partial charge on any atom is 0.144 e. The zero-order chi connectivity index (χ0) is 52.8. The fourth-order valence-electron chi connectivity index (χ4n) is 14.9. The summed E-state index contributed by atoms with van der Waals surface area (Å²) < 4.78 is 20.5. The maximum absolute atomic E-state index is 7.10. The van der Waals surface area contributed by atoms with E-state index in [9.17, 15) is 0 Å². The first-order chi connectivity index (χ1) is 38.4. The summed E-state index contributed by atoms with van der Waals surface area (Å²) in [6.45, 7) is 14.5. The van der Waals surface area contributed by atoms with Crippen LogP contribution in [0.25, 0.3) is 121 Å². The average molecular weight is 1020 g/mol. The largest absolute Gasteiger partial charge is 0.456 e. The van der Waals surface area contributed by atoms with Crippen molar-refractivity contribution in [1.82, 2.24) is 0 Å². The Bertz CT molecular complexity index is 4980. The van der Waals surface area contributed by atoms with E-state index in [1.54, 1.807) is 0 Å². The molecule has 0 unspecified atom stereocenters. The van der Waals surface area contributed by atoms with Crippen molar-refractivity contribution >= 4 is 82.9 Å². The summed E-state index contributed by atoms with van der Waals surface area (Å²) in [6.07, 6.45) is 0. The van der Waals surface area contributed by atoms with E-state index in [0.717, 1.165) is 83.2 Å². The molecular weight excluding hydrogens is 963 g/mol. The van der Waals surface area contributed by atoms with Crippen molar-refractivity contribution in [3.63, 3.8) is 0 Å². The summed E-state index contributed by atoms with van der Waals surface area (Å²) in [6, 6.07) is 77.7. The fourth-order valence-corrected chi connectivity index (χ4v) is 14.9. The van der Waals surface area contributed by atoms with Gasteiger partial charge in [-0.3, -0.25) is 0 Å². The van der Waals surface area contributed by atoms with Crippen LogP contribution in [0.4, 0.5) is 17.1 Å². The zero-order valence-corrected chi connectivity index (χ0v) is 44.9. The third-order valence-corrected chi connectivity index (χ3v) is 18.6. The second-order valence-corrected chi connectivity index (χ2v) is 23.9. The first kappa shape index (κ1) is 44.7. The van der Waals surface area contributed by atoms with Gasteiger partial charge in [-0.1, -0.05) is 187 Å². The smallest absolute Gasteiger partial charge is 0.144 e. The lowest BCUT2D eigenvalue weighted by Crippen LogP contribution is -2.24. The normalized spacial score (nSPS) is 15.0. The van der Waals surface area contributed by atoms with E-state index in [2.05, 4.69) is 253 Å². The molecule has 4 nitrogen and oxygen atoms in total. The van der Waals surface area contributed by atoms with Crippen LogP contribution in [-0.4, -0.2) is 0 Å². The molecule has 0 saturated heterocycles. The minimum Gasteiger partial charge on any atom is -0.456 e. The number of fused-ring (bicyclic) bond motifs is 22. The van der Waals surface area contributed by atoms with Crippen molar-refractivity contribution in [3.8, 4) is 55.6 Å². The van der Waals surface area contributed by atoms with Gasteiger partial charge in [-0.2, -0.15) is 0 Å². The standard InChI is InChI=1S/C75H53NO3/c1-73(2)57-39-46(32-35-50(57)64-59(73)41-54(71-66(64)52-22-12-16-26-61(52)78-71)44-30-28-43(29-31-44)42-18-8-7-9-19-42)76(45-34-37-63-55(38-45)48-20-11-15-25-60(48)77-63)47-33-36-51-58(40-47)75(5,6)70-68(51)72-67(53-23-13-17-27-62(53)79-72)65-49-21-10-14-24-56(49)74(3,4)69(65)70/h7-41H,1-6H3. The van der Waals surface area contributed by atoms with Crippen LogP contribution in [0.5, 0.6) is 0 Å². The molecule has 0 fully saturated rings. The summed E-state index contributed by atoms with van der Waals surface area (Å²) in [5.74, 6) is 0. The Morgan fingerprint density at radius 1 is 0.291 bits per heavy atom. The van der Waals surface area contributed by atoms with Gasteiger partial charge in [-0.25, -0.2) is 0 Å². The Hall–Kier alpha value is -9.38. The predicted octanol–water partition coefficient (Wildman–Crippen LogP) is 21.1. The molecule has 3 aliphatic carbocycles. The highest BCUT2D eigenvalue weighted by Crippen LogP contribution is 2.64. The topological polar surface area (TPSA) is 42.7 Å². The molecule has 0 spiro atoms. The van der Waals surface area contributed by atoms with Gasteiger partial charge >= 0.3 is 0 Å². The number of furan rings is 3. The van der Waals surface area contributed by atoms with Crippen molar-refractivity contribution in [2.45, 2.75) is 57.8 Å². The summed E-state index contributed by atoms with van der Waals surface area (Å²) in [5.41, 5.74) is 27.9. The minimum atomic E-state index is -0.381. The molecule has 0 N–H and O–H groups in total. The highest BCUT2D eigenvalue weighted by atomic mass is 16.3. The minimum absolute atomic E-state index is 0.240. The molecule has 3 aliphatic rings. The van der Waals surface area contributed by atoms with Crippen molar-refractivity contribution in [2.75, 3.05) is 4.90 Å². The molecule has 376 valence electrons. The molecule has 14 aromatic rings. The zero-order valence-electron chi connectivity index (χ0n) is 44.9. The van der Waals surface area contributed by atoms with Crippen LogP contribution in [0.3, 0.4) is 0 Å². The van der Waals surface area contributed by atoms with Crippen LogP contribution in [-0.2, 0) is 16.2 Å². The highest BCUT2D eigenvalue weighted by Gasteiger charge is 2.49. The van der Waals surface area contributed by atoms with Crippen LogP contribution in [0, 0.1) is 0 Å². The molecule has 0 amide bonds. The van der Waals surface area contributed by atoms with Gasteiger partial charge < -0.3 is 18.2 Å². The molecule has 79 heavy (non-hydrogen) atoms. The summed E-state index contributed by atoms with van der Waals surface area (Å²) in [7, 11) is 0. The Labute approximate surface area is 457 Å². The van der Waals surface area contributed by atoms with Crippen molar-refractivity contribution in [1.29, 1.82) is 0 Å². The van der Waals surface area contributed by atoms with Crippen molar-refractivity contribution in [3.05, 3.63) is 246 Å². The van der Waals surface area contributed by atoms with E-state index in [1.807, 2.05) is 6.07 Å². The second kappa shape index (κ2) is 15.4. The quantitative estimate of drug-likeness (QED) is 0.172. The Morgan fingerprint density at radius 2 is 0.772 bits per heavy atom. The van der Waals surface area contributed by atoms with Crippen molar-refractivity contribution in [2.24, 2.45) is 0 Å². The average Bonchev–Trinajstić information content (AvgIpc) is 2.66. The van der Waals surface area contributed by atoms with E-state index in [1.165, 1.54) is 88.7 Å². The van der Waals surface area contributed by atoms with E-state index in [4.69, 9.17) is 13.3 Å². The first-order valence-electron chi connectivity index (χ1n) is 27.7. The summed E-state index contributed by atoms with van der Waals surface area (Å²) >= 11 is 0. The Morgan fingerprint density at radius 3 is 1.48 bits per heavy atom. The molecule has 3 aromatic heterocycles. The van der Waals surface area contributed by atoms with Gasteiger partial charge in [0.1, 0.15) is 33.5 Å². The highest BCUT2D eigenvalue weighted by molar-refractivity contribution is 6.22. The molecule has 0 bridgehead atoms. The molecule has 17 rings (SSSR count). The molecule has 0 radical (unpaired) electrons. The van der Waals surface area contributed by atoms with Gasteiger partial charge in [-0.05, 0) is 145 Å². The molecule has 0 atom stereocenters. The van der Waals surface area contributed by atoms with Gasteiger partial charge in [0.25, 0.3) is 0 Å². The van der Waals surface area contributed by atoms with Crippen LogP contribution in [0.1, 0.15) is 74.9 Å². The van der Waals surface area contributed by atoms with Gasteiger partial charge in [0.2, 0.25) is 0 Å². The fraction of sp³-hybridized carbons (Fsp3) is 0.120. The summed E-state index contributed by atoms with van der Waals surface area (Å²) in [5, 5.41) is 6.87. The number of para-hydroxylation sites is 3. The molecule has 0 saturated carbocycles. The van der Waals surface area contributed by atoms with Gasteiger partial charge in [0, 0.05) is 76.8 Å². The van der Waals surface area contributed by atoms with Gasteiger partial charge in [0.15, 0.2) is 0 Å². The number of nitrogens with zero attached hydrogens (tertiary/aromatic N) is 1. The third-order valence-electron chi connectivity index (χ3n) is 18.6. The van der Waals surface area contributed by atoms with E-state index < -0.39 is 0 Å². The number of anilines is 3. The summed E-state index contributed by atoms with van der Waals surface area (Å²) in [4.78, 5) is 2.48. The lowest BCUT2D eigenvalue weighted by atomic mass is 9.72. The molecule has 0 aliphatic heterocycles. The number of benzene rings is 11. The molecule has 4 heteroatoms. The first-order valence-corrected chi connectivity index (χ1v) is 27.7. The second-order valence-electron chi connectivity index (χ2n) is 23.9. The van der Waals surface area contributed by atoms with Crippen LogP contribution in [0.2, 0.25) is 0 Å². The number of rotatable bonds is 5. The van der Waals surface area contributed by atoms with E-state index in [0.29, 0.717) is 0 Å². The predicted molar refractivity (Wildman–Crippen MR) is 327 cm³/mol. The SMILES string of the molecule is CC1(C)c2cc(N(c3ccc4c(c3)C(C)(C)c3c5c(c6c(oc7ccccc76)c3-4)-c3ccccc3C5(C)C)c3ccc4oc5ccccc5c4c3)ccc2-c2c1cc(-c1ccc(-c3ccccc3)cc1)c1oc3ccccc3c21. The van der Waals surface area contributed by atoms with Gasteiger partial charge in [-0.15, -0.1) is 0 Å². The van der Waals surface area contributed by atoms with Crippen LogP contribution < -0.4 is 4.90 Å². The van der Waals surface area contributed by atoms with E-state index >= 15 is 0 Å². The third kappa shape index (κ3) is 5.88.